The molecular formula is C22H35IN6O. The summed E-state index contributed by atoms with van der Waals surface area (Å²) in [4.78, 5) is 9.50. The van der Waals surface area contributed by atoms with Gasteiger partial charge in [0.05, 0.1) is 20.2 Å². The number of ether oxygens (including phenoxy) is 1. The van der Waals surface area contributed by atoms with Gasteiger partial charge in [-0.25, -0.2) is 9.67 Å². The van der Waals surface area contributed by atoms with Crippen LogP contribution in [0.25, 0.3) is 0 Å². The summed E-state index contributed by atoms with van der Waals surface area (Å²) in [5.41, 5.74) is 1.12. The van der Waals surface area contributed by atoms with Gasteiger partial charge in [0.2, 0.25) is 0 Å². The Balaban J connectivity index is 0.00000320. The number of fused-ring (bicyclic) bond motifs is 1. The maximum absolute atomic E-state index is 5.38. The Bertz CT molecular complexity index is 848. The molecule has 1 aromatic carbocycles. The lowest BCUT2D eigenvalue weighted by Crippen LogP contribution is -2.47. The molecule has 2 N–H and O–H groups in total. The Kier molecular flexibility index (Phi) is 8.93. The summed E-state index contributed by atoms with van der Waals surface area (Å²) in [6.07, 6.45) is 2.85. The third-order valence-electron chi connectivity index (χ3n) is 5.39. The highest BCUT2D eigenvalue weighted by Gasteiger charge is 2.24. The molecule has 1 aliphatic rings. The van der Waals surface area contributed by atoms with Crippen molar-refractivity contribution < 1.29 is 4.74 Å². The van der Waals surface area contributed by atoms with Crippen molar-refractivity contribution in [2.45, 2.75) is 65.0 Å². The molecule has 0 amide bonds. The summed E-state index contributed by atoms with van der Waals surface area (Å²) in [6.45, 7) is 10.9. The Labute approximate surface area is 197 Å². The van der Waals surface area contributed by atoms with E-state index in [4.69, 9.17) is 9.73 Å². The topological polar surface area (TPSA) is 76.4 Å². The smallest absolute Gasteiger partial charge is 0.191 e. The van der Waals surface area contributed by atoms with Crippen LogP contribution in [-0.4, -0.2) is 47.0 Å². The molecule has 2 heterocycles. The molecule has 0 aliphatic carbocycles. The minimum absolute atomic E-state index is 0. The number of guanidine groups is 1. The van der Waals surface area contributed by atoms with Crippen LogP contribution in [0, 0.1) is 0 Å². The first kappa shape index (κ1) is 24.4. The fraction of sp³-hybridized carbons (Fsp3) is 0.591. The Morgan fingerprint density at radius 3 is 2.83 bits per heavy atom. The molecule has 1 aromatic heterocycles. The average molecular weight is 526 g/mol. The summed E-state index contributed by atoms with van der Waals surface area (Å²) >= 11 is 0. The predicted molar refractivity (Wildman–Crippen MR) is 132 cm³/mol. The van der Waals surface area contributed by atoms with Crippen LogP contribution in [0.4, 0.5) is 0 Å². The van der Waals surface area contributed by atoms with E-state index in [0.29, 0.717) is 12.6 Å². The molecule has 7 nitrogen and oxygen atoms in total. The Morgan fingerprint density at radius 2 is 2.13 bits per heavy atom. The van der Waals surface area contributed by atoms with Gasteiger partial charge < -0.3 is 15.4 Å². The summed E-state index contributed by atoms with van der Waals surface area (Å²) < 4.78 is 7.42. The standard InChI is InChI=1S/C22H34N6O.HI/c1-6-19-26-20-12-11-17(14-28(20)27-19)25-21(23-7-2)24-15-22(3,4)16-9-8-10-18(13-16)29-5;/h8-10,13,17H,6-7,11-12,14-15H2,1-5H3,(H2,23,24,25);1H. The molecular weight excluding hydrogens is 491 g/mol. The fourth-order valence-electron chi connectivity index (χ4n) is 3.55. The number of methoxy groups -OCH3 is 1. The molecule has 8 heteroatoms. The largest absolute Gasteiger partial charge is 0.497 e. The van der Waals surface area contributed by atoms with Crippen molar-refractivity contribution >= 4 is 29.9 Å². The first-order valence-corrected chi connectivity index (χ1v) is 10.6. The van der Waals surface area contributed by atoms with Crippen molar-refractivity contribution in [1.29, 1.82) is 0 Å². The van der Waals surface area contributed by atoms with Crippen molar-refractivity contribution in [1.82, 2.24) is 25.4 Å². The van der Waals surface area contributed by atoms with Crippen molar-refractivity contribution in [3.63, 3.8) is 0 Å². The highest BCUT2D eigenvalue weighted by atomic mass is 127. The summed E-state index contributed by atoms with van der Waals surface area (Å²) in [5.74, 6) is 3.76. The van der Waals surface area contributed by atoms with E-state index in [1.165, 1.54) is 5.56 Å². The molecule has 0 radical (unpaired) electrons. The van der Waals surface area contributed by atoms with E-state index >= 15 is 0 Å². The average Bonchev–Trinajstić information content (AvgIpc) is 3.15. The quantitative estimate of drug-likeness (QED) is 0.329. The molecule has 0 saturated carbocycles. The van der Waals surface area contributed by atoms with E-state index in [-0.39, 0.29) is 29.4 Å². The van der Waals surface area contributed by atoms with Gasteiger partial charge in [-0.2, -0.15) is 5.10 Å². The molecule has 1 aliphatic heterocycles. The van der Waals surface area contributed by atoms with Gasteiger partial charge in [-0.05, 0) is 31.0 Å². The normalized spacial score (nSPS) is 16.4. The van der Waals surface area contributed by atoms with Crippen LogP contribution in [0.5, 0.6) is 5.75 Å². The minimum atomic E-state index is -0.0987. The maximum Gasteiger partial charge on any atom is 0.191 e. The van der Waals surface area contributed by atoms with E-state index in [1.54, 1.807) is 7.11 Å². The number of hydrogen-bond acceptors (Lipinski definition) is 4. The molecule has 1 atom stereocenters. The molecule has 30 heavy (non-hydrogen) atoms. The van der Waals surface area contributed by atoms with Gasteiger partial charge in [0, 0.05) is 30.8 Å². The van der Waals surface area contributed by atoms with E-state index in [2.05, 4.69) is 60.5 Å². The molecule has 0 saturated heterocycles. The zero-order chi connectivity index (χ0) is 20.9. The van der Waals surface area contributed by atoms with Crippen molar-refractivity contribution in [2.24, 2.45) is 4.99 Å². The lowest BCUT2D eigenvalue weighted by molar-refractivity contribution is 0.391. The number of aryl methyl sites for hydroxylation is 2. The fourth-order valence-corrected chi connectivity index (χ4v) is 3.55. The van der Waals surface area contributed by atoms with Gasteiger partial charge in [-0.1, -0.05) is 32.9 Å². The highest BCUT2D eigenvalue weighted by Crippen LogP contribution is 2.26. The zero-order valence-electron chi connectivity index (χ0n) is 18.7. The molecule has 2 aromatic rings. The number of hydrogen-bond donors (Lipinski definition) is 2. The van der Waals surface area contributed by atoms with Crippen molar-refractivity contribution in [3.05, 3.63) is 41.5 Å². The van der Waals surface area contributed by atoms with Crippen LogP contribution in [0.3, 0.4) is 0 Å². The number of nitrogens with zero attached hydrogens (tertiary/aromatic N) is 4. The summed E-state index contributed by atoms with van der Waals surface area (Å²) in [7, 11) is 1.70. The van der Waals surface area contributed by atoms with Crippen LogP contribution in [0.1, 0.15) is 51.3 Å². The third-order valence-corrected chi connectivity index (χ3v) is 5.39. The number of aromatic nitrogens is 3. The molecule has 3 rings (SSSR count). The second-order valence-electron chi connectivity index (χ2n) is 8.17. The van der Waals surface area contributed by atoms with Gasteiger partial charge in [0.1, 0.15) is 11.6 Å². The lowest BCUT2D eigenvalue weighted by atomic mass is 9.84. The van der Waals surface area contributed by atoms with Crippen molar-refractivity contribution in [3.8, 4) is 5.75 Å². The van der Waals surface area contributed by atoms with Crippen LogP contribution < -0.4 is 15.4 Å². The van der Waals surface area contributed by atoms with Crippen LogP contribution in [0.2, 0.25) is 0 Å². The van der Waals surface area contributed by atoms with Gasteiger partial charge in [-0.3, -0.25) is 4.99 Å². The third kappa shape index (κ3) is 6.09. The number of benzene rings is 1. The van der Waals surface area contributed by atoms with Gasteiger partial charge in [0.25, 0.3) is 0 Å². The number of nitrogens with one attached hydrogen (secondary N) is 2. The van der Waals surface area contributed by atoms with Gasteiger partial charge >= 0.3 is 0 Å². The first-order chi connectivity index (χ1) is 13.9. The zero-order valence-corrected chi connectivity index (χ0v) is 21.1. The molecule has 0 spiro atoms. The summed E-state index contributed by atoms with van der Waals surface area (Å²) in [6, 6.07) is 8.53. The molecule has 0 bridgehead atoms. The predicted octanol–water partition coefficient (Wildman–Crippen LogP) is 3.31. The van der Waals surface area contributed by atoms with E-state index in [9.17, 15) is 0 Å². The van der Waals surface area contributed by atoms with Crippen LogP contribution in [-0.2, 0) is 24.8 Å². The van der Waals surface area contributed by atoms with Crippen LogP contribution >= 0.6 is 24.0 Å². The van der Waals surface area contributed by atoms with E-state index in [0.717, 1.165) is 55.7 Å². The molecule has 1 unspecified atom stereocenters. The van der Waals surface area contributed by atoms with Gasteiger partial charge in [0.15, 0.2) is 11.8 Å². The van der Waals surface area contributed by atoms with Crippen LogP contribution in [0.15, 0.2) is 29.3 Å². The first-order valence-electron chi connectivity index (χ1n) is 10.6. The molecule has 166 valence electrons. The number of rotatable bonds is 7. The van der Waals surface area contributed by atoms with E-state index in [1.807, 2.05) is 16.8 Å². The second kappa shape index (κ2) is 11.0. The van der Waals surface area contributed by atoms with Gasteiger partial charge in [-0.15, -0.1) is 24.0 Å². The van der Waals surface area contributed by atoms with Crippen molar-refractivity contribution in [2.75, 3.05) is 20.2 Å². The second-order valence-corrected chi connectivity index (χ2v) is 8.17. The number of aliphatic imine (C=N–C) groups is 1. The lowest BCUT2D eigenvalue weighted by Gasteiger charge is -2.27. The summed E-state index contributed by atoms with van der Waals surface area (Å²) in [5, 5.41) is 11.6. The minimum Gasteiger partial charge on any atom is -0.497 e. The monoisotopic (exact) mass is 526 g/mol. The molecule has 0 fully saturated rings. The Morgan fingerprint density at radius 1 is 1.33 bits per heavy atom. The Hall–Kier alpha value is -1.84. The SMILES string of the molecule is CCNC(=NCC(C)(C)c1cccc(OC)c1)NC1CCc2nc(CC)nn2C1.I. The highest BCUT2D eigenvalue weighted by molar-refractivity contribution is 14.0. The van der Waals surface area contributed by atoms with E-state index < -0.39 is 0 Å². The number of halogens is 1. The maximum atomic E-state index is 5.38.